The second-order valence-electron chi connectivity index (χ2n) is 7.29. The van der Waals surface area contributed by atoms with Crippen LogP contribution in [0.1, 0.15) is 64.6 Å². The summed E-state index contributed by atoms with van der Waals surface area (Å²) in [5.74, 6) is 0. The highest BCUT2D eigenvalue weighted by Crippen LogP contribution is 2.21. The van der Waals surface area contributed by atoms with Crippen molar-refractivity contribution in [3.63, 3.8) is 0 Å². The van der Waals surface area contributed by atoms with Crippen LogP contribution < -0.4 is 5.32 Å². The predicted molar refractivity (Wildman–Crippen MR) is 89.2 cm³/mol. The zero-order chi connectivity index (χ0) is 15.3. The Labute approximate surface area is 130 Å². The zero-order valence-electron chi connectivity index (χ0n) is 14.2. The monoisotopic (exact) mass is 289 g/mol. The zero-order valence-corrected chi connectivity index (χ0v) is 14.2. The summed E-state index contributed by atoms with van der Waals surface area (Å²) in [6.45, 7) is 12.0. The lowest BCUT2D eigenvalue weighted by Gasteiger charge is -2.34. The van der Waals surface area contributed by atoms with E-state index in [1.807, 2.05) is 6.20 Å². The Morgan fingerprint density at radius 3 is 2.71 bits per heavy atom. The van der Waals surface area contributed by atoms with Crippen molar-refractivity contribution < 1.29 is 0 Å². The quantitative estimate of drug-likeness (QED) is 0.895. The molecule has 1 aromatic heterocycles. The number of aromatic nitrogens is 1. The molecular formula is C18H31N3. The Bertz CT molecular complexity index is 419. The number of hydrogen-bond acceptors (Lipinski definition) is 3. The minimum absolute atomic E-state index is 0.154. The third kappa shape index (κ3) is 5.40. The van der Waals surface area contributed by atoms with Crippen LogP contribution in [0.25, 0.3) is 0 Å². The van der Waals surface area contributed by atoms with Gasteiger partial charge in [0.25, 0.3) is 0 Å². The molecule has 0 aromatic carbocycles. The van der Waals surface area contributed by atoms with Crippen molar-refractivity contribution in [2.45, 2.75) is 78.0 Å². The maximum Gasteiger partial charge on any atom is 0.0544 e. The molecule has 1 aromatic rings. The summed E-state index contributed by atoms with van der Waals surface area (Å²) >= 11 is 0. The second-order valence-corrected chi connectivity index (χ2v) is 7.29. The van der Waals surface area contributed by atoms with Gasteiger partial charge in [-0.1, -0.05) is 19.4 Å². The van der Waals surface area contributed by atoms with Crippen LogP contribution in [-0.2, 0) is 13.1 Å². The minimum atomic E-state index is 0.154. The van der Waals surface area contributed by atoms with Crippen LogP contribution in [0.4, 0.5) is 0 Å². The number of nitrogens with zero attached hydrogens (tertiary/aromatic N) is 2. The molecule has 1 atom stereocenters. The van der Waals surface area contributed by atoms with Gasteiger partial charge in [-0.05, 0) is 58.2 Å². The summed E-state index contributed by atoms with van der Waals surface area (Å²) in [7, 11) is 0. The number of piperidine rings is 1. The number of rotatable bonds is 5. The average Bonchev–Trinajstić information content (AvgIpc) is 2.46. The summed E-state index contributed by atoms with van der Waals surface area (Å²) < 4.78 is 0. The van der Waals surface area contributed by atoms with Crippen molar-refractivity contribution in [3.05, 3.63) is 29.6 Å². The fraction of sp³-hybridized carbons (Fsp3) is 0.722. The van der Waals surface area contributed by atoms with E-state index in [2.05, 4.69) is 55.0 Å². The van der Waals surface area contributed by atoms with Crippen LogP contribution in [0.2, 0.25) is 0 Å². The molecule has 0 spiro atoms. The lowest BCUT2D eigenvalue weighted by atomic mass is 10.00. The van der Waals surface area contributed by atoms with Gasteiger partial charge in [0.05, 0.1) is 5.69 Å². The molecule has 1 N–H and O–H groups in total. The van der Waals surface area contributed by atoms with E-state index in [1.165, 1.54) is 43.5 Å². The number of pyridine rings is 1. The fourth-order valence-electron chi connectivity index (χ4n) is 2.96. The number of hydrogen-bond donors (Lipinski definition) is 1. The highest BCUT2D eigenvalue weighted by molar-refractivity contribution is 5.14. The van der Waals surface area contributed by atoms with Gasteiger partial charge in [-0.2, -0.15) is 0 Å². The summed E-state index contributed by atoms with van der Waals surface area (Å²) in [5, 5.41) is 3.50. The Balaban J connectivity index is 1.89. The largest absolute Gasteiger partial charge is 0.308 e. The second kappa shape index (κ2) is 7.37. The van der Waals surface area contributed by atoms with Gasteiger partial charge in [0, 0.05) is 30.9 Å². The molecule has 3 heteroatoms. The van der Waals surface area contributed by atoms with E-state index in [-0.39, 0.29) is 5.54 Å². The van der Waals surface area contributed by atoms with Gasteiger partial charge in [0.15, 0.2) is 0 Å². The van der Waals surface area contributed by atoms with E-state index >= 15 is 0 Å². The molecule has 118 valence electrons. The topological polar surface area (TPSA) is 28.2 Å². The normalized spacial score (nSPS) is 20.7. The lowest BCUT2D eigenvalue weighted by Crippen LogP contribution is -2.38. The van der Waals surface area contributed by atoms with E-state index in [9.17, 15) is 0 Å². The van der Waals surface area contributed by atoms with Gasteiger partial charge in [0.2, 0.25) is 0 Å². The van der Waals surface area contributed by atoms with E-state index in [4.69, 9.17) is 0 Å². The van der Waals surface area contributed by atoms with Crippen LogP contribution in [-0.4, -0.2) is 28.0 Å². The summed E-state index contributed by atoms with van der Waals surface area (Å²) in [4.78, 5) is 7.27. The van der Waals surface area contributed by atoms with Gasteiger partial charge in [0.1, 0.15) is 0 Å². The summed E-state index contributed by atoms with van der Waals surface area (Å²) in [6.07, 6.45) is 7.36. The van der Waals surface area contributed by atoms with Gasteiger partial charge < -0.3 is 5.32 Å². The van der Waals surface area contributed by atoms with Gasteiger partial charge in [-0.25, -0.2) is 0 Å². The van der Waals surface area contributed by atoms with Crippen LogP contribution in [0, 0.1) is 0 Å². The fourth-order valence-corrected chi connectivity index (χ4v) is 2.96. The van der Waals surface area contributed by atoms with Crippen LogP contribution in [0.15, 0.2) is 18.3 Å². The molecule has 1 unspecified atom stereocenters. The molecule has 2 rings (SSSR count). The first-order chi connectivity index (χ1) is 9.98. The third-order valence-corrected chi connectivity index (χ3v) is 4.29. The maximum atomic E-state index is 4.66. The Hall–Kier alpha value is -0.930. The molecule has 1 saturated heterocycles. The highest BCUT2D eigenvalue weighted by Gasteiger charge is 2.20. The highest BCUT2D eigenvalue weighted by atomic mass is 15.2. The molecule has 0 bridgehead atoms. The standard InChI is InChI=1S/C18H31N3/c1-5-17-8-6-7-11-21(17)14-16-10-9-15(12-19-16)13-20-18(2,3)4/h9-10,12,17,20H,5-8,11,13-14H2,1-4H3. The van der Waals surface area contributed by atoms with Crippen LogP contribution in [0.3, 0.4) is 0 Å². The number of likely N-dealkylation sites (tertiary alicyclic amines) is 1. The van der Waals surface area contributed by atoms with Gasteiger partial charge >= 0.3 is 0 Å². The van der Waals surface area contributed by atoms with Crippen molar-refractivity contribution in [2.24, 2.45) is 0 Å². The SMILES string of the molecule is CCC1CCCCN1Cc1ccc(CNC(C)(C)C)cn1. The number of nitrogens with one attached hydrogen (secondary N) is 1. The molecule has 1 aliphatic rings. The summed E-state index contributed by atoms with van der Waals surface area (Å²) in [5.41, 5.74) is 2.62. The molecule has 0 radical (unpaired) electrons. The lowest BCUT2D eigenvalue weighted by molar-refractivity contribution is 0.134. The molecule has 0 amide bonds. The van der Waals surface area contributed by atoms with E-state index < -0.39 is 0 Å². The van der Waals surface area contributed by atoms with Crippen molar-refractivity contribution in [1.82, 2.24) is 15.2 Å². The summed E-state index contributed by atoms with van der Waals surface area (Å²) in [6, 6.07) is 5.16. The van der Waals surface area contributed by atoms with Crippen LogP contribution >= 0.6 is 0 Å². The Morgan fingerprint density at radius 2 is 2.10 bits per heavy atom. The Kier molecular flexibility index (Phi) is 5.77. The smallest absolute Gasteiger partial charge is 0.0544 e. The molecular weight excluding hydrogens is 258 g/mol. The van der Waals surface area contributed by atoms with Crippen molar-refractivity contribution >= 4 is 0 Å². The first-order valence-corrected chi connectivity index (χ1v) is 8.41. The molecule has 0 saturated carbocycles. The molecule has 2 heterocycles. The predicted octanol–water partition coefficient (Wildman–Crippen LogP) is 3.73. The first kappa shape index (κ1) is 16.4. The minimum Gasteiger partial charge on any atom is -0.308 e. The molecule has 1 aliphatic heterocycles. The van der Waals surface area contributed by atoms with E-state index in [1.54, 1.807) is 0 Å². The molecule has 1 fully saturated rings. The van der Waals surface area contributed by atoms with Crippen molar-refractivity contribution in [1.29, 1.82) is 0 Å². The van der Waals surface area contributed by atoms with E-state index in [0.717, 1.165) is 19.1 Å². The average molecular weight is 289 g/mol. The first-order valence-electron chi connectivity index (χ1n) is 8.41. The van der Waals surface area contributed by atoms with Gasteiger partial charge in [-0.15, -0.1) is 0 Å². The third-order valence-electron chi connectivity index (χ3n) is 4.29. The van der Waals surface area contributed by atoms with Gasteiger partial charge in [-0.3, -0.25) is 9.88 Å². The molecule has 3 nitrogen and oxygen atoms in total. The Morgan fingerprint density at radius 1 is 1.29 bits per heavy atom. The van der Waals surface area contributed by atoms with Crippen molar-refractivity contribution in [2.75, 3.05) is 6.54 Å². The van der Waals surface area contributed by atoms with E-state index in [0.29, 0.717) is 0 Å². The molecule has 21 heavy (non-hydrogen) atoms. The maximum absolute atomic E-state index is 4.66. The van der Waals surface area contributed by atoms with Crippen LogP contribution in [0.5, 0.6) is 0 Å². The molecule has 0 aliphatic carbocycles. The van der Waals surface area contributed by atoms with Crippen molar-refractivity contribution in [3.8, 4) is 0 Å².